The number of nitrogens with one attached hydrogen (secondary N) is 1. The van der Waals surface area contributed by atoms with Crippen LogP contribution in [-0.4, -0.2) is 20.6 Å². The largest absolute Gasteiger partial charge is 0.301 e. The fourth-order valence-corrected chi connectivity index (χ4v) is 4.40. The molecule has 0 radical (unpaired) electrons. The van der Waals surface area contributed by atoms with Crippen molar-refractivity contribution in [3.05, 3.63) is 94.5 Å². The van der Waals surface area contributed by atoms with E-state index in [-0.39, 0.29) is 11.2 Å². The van der Waals surface area contributed by atoms with Gasteiger partial charge in [-0.15, -0.1) is 0 Å². The first-order chi connectivity index (χ1) is 13.8. The van der Waals surface area contributed by atoms with Gasteiger partial charge in [0, 0.05) is 24.3 Å². The molecular formula is C21H20IN3O3S. The number of benzene rings is 2. The van der Waals surface area contributed by atoms with Gasteiger partial charge in [0.05, 0.1) is 10.6 Å². The number of nitro benzene ring substituents is 1. The lowest BCUT2D eigenvalue weighted by molar-refractivity contribution is -0.384. The van der Waals surface area contributed by atoms with Gasteiger partial charge in [0.25, 0.3) is 11.2 Å². The molecule has 29 heavy (non-hydrogen) atoms. The molecule has 0 spiro atoms. The van der Waals surface area contributed by atoms with E-state index < -0.39 is 4.92 Å². The Balaban J connectivity index is 1.70. The summed E-state index contributed by atoms with van der Waals surface area (Å²) in [4.78, 5) is 30.2. The third-order valence-corrected chi connectivity index (χ3v) is 6.33. The van der Waals surface area contributed by atoms with Gasteiger partial charge in [-0.3, -0.25) is 14.9 Å². The molecule has 2 aromatic carbocycles. The van der Waals surface area contributed by atoms with Crippen LogP contribution in [0.3, 0.4) is 0 Å². The average Bonchev–Trinajstić information content (AvgIpc) is 2.65. The molecule has 0 bridgehead atoms. The average molecular weight is 521 g/mol. The zero-order valence-electron chi connectivity index (χ0n) is 16.1. The maximum atomic E-state index is 12.3. The summed E-state index contributed by atoms with van der Waals surface area (Å²) in [5, 5.41) is 11.3. The lowest BCUT2D eigenvalue weighted by Crippen LogP contribution is -2.16. The van der Waals surface area contributed by atoms with Crippen LogP contribution in [-0.2, 0) is 12.8 Å². The van der Waals surface area contributed by atoms with Gasteiger partial charge in [-0.1, -0.05) is 53.2 Å². The van der Waals surface area contributed by atoms with Crippen LogP contribution in [0.5, 0.6) is 0 Å². The molecule has 0 atom stereocenters. The number of aromatic nitrogens is 2. The summed E-state index contributed by atoms with van der Waals surface area (Å²) < 4.78 is 0.612. The van der Waals surface area contributed by atoms with Crippen LogP contribution in [0, 0.1) is 27.5 Å². The summed E-state index contributed by atoms with van der Waals surface area (Å²) in [7, 11) is 0. The highest BCUT2D eigenvalue weighted by Crippen LogP contribution is 2.20. The predicted octanol–water partition coefficient (Wildman–Crippen LogP) is 4.83. The Bertz CT molecular complexity index is 1080. The monoisotopic (exact) mass is 521 g/mol. The number of H-pyrrole nitrogens is 1. The quantitative estimate of drug-likeness (QED) is 0.158. The number of nitro groups is 1. The number of aryl methyl sites for hydroxylation is 3. The van der Waals surface area contributed by atoms with Crippen LogP contribution in [0.4, 0.5) is 5.69 Å². The van der Waals surface area contributed by atoms with Crippen molar-refractivity contribution >= 4 is 40.0 Å². The van der Waals surface area contributed by atoms with E-state index in [4.69, 9.17) is 0 Å². The number of thioether (sulfide) groups is 1. The van der Waals surface area contributed by atoms with Gasteiger partial charge in [0.1, 0.15) is 3.57 Å². The predicted molar refractivity (Wildman–Crippen MR) is 124 cm³/mol. The zero-order chi connectivity index (χ0) is 21.0. The molecule has 0 aliphatic carbocycles. The Hall–Kier alpha value is -2.20. The molecule has 8 heteroatoms. The van der Waals surface area contributed by atoms with E-state index in [9.17, 15) is 14.9 Å². The molecule has 0 aliphatic heterocycles. The molecule has 3 rings (SSSR count). The van der Waals surface area contributed by atoms with E-state index in [1.54, 1.807) is 12.1 Å². The maximum Gasteiger partial charge on any atom is 0.269 e. The molecule has 1 aromatic heterocycles. The topological polar surface area (TPSA) is 88.9 Å². The third kappa shape index (κ3) is 5.89. The second kappa shape index (κ2) is 9.53. The van der Waals surface area contributed by atoms with Crippen molar-refractivity contribution in [2.45, 2.75) is 31.8 Å². The molecule has 1 heterocycles. The molecular weight excluding hydrogens is 501 g/mol. The normalized spacial score (nSPS) is 10.9. The molecule has 150 valence electrons. The Morgan fingerprint density at radius 1 is 1.10 bits per heavy atom. The minimum Gasteiger partial charge on any atom is -0.301 e. The van der Waals surface area contributed by atoms with Gasteiger partial charge in [0.15, 0.2) is 5.16 Å². The first-order valence-corrected chi connectivity index (χ1v) is 11.1. The minimum absolute atomic E-state index is 0.0843. The van der Waals surface area contributed by atoms with Crippen molar-refractivity contribution in [1.82, 2.24) is 9.97 Å². The van der Waals surface area contributed by atoms with Crippen LogP contribution in [0.1, 0.15) is 27.9 Å². The van der Waals surface area contributed by atoms with Crippen LogP contribution in [0.2, 0.25) is 0 Å². The van der Waals surface area contributed by atoms with Crippen molar-refractivity contribution in [1.29, 1.82) is 0 Å². The molecule has 0 saturated carbocycles. The number of nitrogens with zero attached hydrogens (tertiary/aromatic N) is 2. The van der Waals surface area contributed by atoms with Crippen LogP contribution >= 0.6 is 34.4 Å². The fourth-order valence-electron chi connectivity index (χ4n) is 3.08. The second-order valence-electron chi connectivity index (χ2n) is 6.83. The molecule has 6 nitrogen and oxygen atoms in total. The number of hydrogen-bond donors (Lipinski definition) is 1. The van der Waals surface area contributed by atoms with E-state index in [0.29, 0.717) is 20.9 Å². The van der Waals surface area contributed by atoms with Crippen LogP contribution < -0.4 is 5.56 Å². The van der Waals surface area contributed by atoms with Gasteiger partial charge < -0.3 is 4.98 Å². The van der Waals surface area contributed by atoms with Gasteiger partial charge >= 0.3 is 0 Å². The maximum absolute atomic E-state index is 12.3. The first-order valence-electron chi connectivity index (χ1n) is 9.04. The van der Waals surface area contributed by atoms with Crippen molar-refractivity contribution in [2.75, 3.05) is 5.75 Å². The third-order valence-electron chi connectivity index (χ3n) is 4.34. The van der Waals surface area contributed by atoms with Gasteiger partial charge in [-0.05, 0) is 54.0 Å². The highest BCUT2D eigenvalue weighted by Gasteiger charge is 2.11. The van der Waals surface area contributed by atoms with Gasteiger partial charge in [-0.2, -0.15) is 0 Å². The Labute approximate surface area is 186 Å². The van der Waals surface area contributed by atoms with Crippen molar-refractivity contribution in [3.8, 4) is 0 Å². The first kappa shape index (κ1) is 21.5. The number of non-ortho nitro benzene ring substituents is 1. The summed E-state index contributed by atoms with van der Waals surface area (Å²) in [5.41, 5.74) is 5.26. The zero-order valence-corrected chi connectivity index (χ0v) is 19.0. The Morgan fingerprint density at radius 2 is 1.76 bits per heavy atom. The van der Waals surface area contributed by atoms with E-state index >= 15 is 0 Å². The molecule has 1 N–H and O–H groups in total. The molecule has 3 aromatic rings. The van der Waals surface area contributed by atoms with E-state index in [2.05, 4.69) is 64.6 Å². The summed E-state index contributed by atoms with van der Waals surface area (Å²) in [6, 6.07) is 12.9. The number of halogens is 1. The molecule has 0 fully saturated rings. The van der Waals surface area contributed by atoms with Gasteiger partial charge in [0.2, 0.25) is 0 Å². The van der Waals surface area contributed by atoms with Crippen molar-refractivity contribution in [3.63, 3.8) is 0 Å². The van der Waals surface area contributed by atoms with Crippen LogP contribution in [0.15, 0.2) is 52.4 Å². The van der Waals surface area contributed by atoms with E-state index in [1.807, 2.05) is 0 Å². The molecule has 0 aliphatic rings. The highest BCUT2D eigenvalue weighted by molar-refractivity contribution is 14.1. The smallest absolute Gasteiger partial charge is 0.269 e. The summed E-state index contributed by atoms with van der Waals surface area (Å²) in [5.74, 6) is 0.713. The van der Waals surface area contributed by atoms with Crippen LogP contribution in [0.25, 0.3) is 0 Å². The highest BCUT2D eigenvalue weighted by atomic mass is 127. The second-order valence-corrected chi connectivity index (χ2v) is 8.99. The standard InChI is InChI=1S/C21H20IN3O3S/c1-13-9-14(2)11-16(10-13)12-18-19(22)20(26)24-21(23-18)29-8-7-15-3-5-17(6-4-15)25(27)28/h3-6,9-11H,7-8,12H2,1-2H3,(H,23,24,26). The minimum atomic E-state index is -0.407. The van der Waals surface area contributed by atoms with Gasteiger partial charge in [-0.25, -0.2) is 4.98 Å². The van der Waals surface area contributed by atoms with Crippen molar-refractivity contribution in [2.24, 2.45) is 0 Å². The number of aromatic amines is 1. The fraction of sp³-hybridized carbons (Fsp3) is 0.238. The summed E-state index contributed by atoms with van der Waals surface area (Å²) in [6.07, 6.45) is 1.34. The molecule has 0 saturated heterocycles. The molecule has 0 amide bonds. The lowest BCUT2D eigenvalue weighted by atomic mass is 10.0. The van der Waals surface area contributed by atoms with Crippen molar-refractivity contribution < 1.29 is 4.92 Å². The number of hydrogen-bond acceptors (Lipinski definition) is 5. The Morgan fingerprint density at radius 3 is 2.38 bits per heavy atom. The lowest BCUT2D eigenvalue weighted by Gasteiger charge is -2.08. The SMILES string of the molecule is Cc1cc(C)cc(Cc2nc(SCCc3ccc([N+](=O)[O-])cc3)[nH]c(=O)c2I)c1. The molecule has 0 unspecified atom stereocenters. The Kier molecular flexibility index (Phi) is 7.07. The van der Waals surface area contributed by atoms with E-state index in [1.165, 1.54) is 35.0 Å². The number of rotatable bonds is 7. The van der Waals surface area contributed by atoms with E-state index in [0.717, 1.165) is 23.2 Å². The summed E-state index contributed by atoms with van der Waals surface area (Å²) in [6.45, 7) is 4.12. The summed E-state index contributed by atoms with van der Waals surface area (Å²) >= 11 is 3.53.